The summed E-state index contributed by atoms with van der Waals surface area (Å²) in [7, 11) is 1.36. The summed E-state index contributed by atoms with van der Waals surface area (Å²) in [5.41, 5.74) is 0.860. The molecule has 1 aromatic carbocycles. The van der Waals surface area contributed by atoms with E-state index in [0.29, 0.717) is 22.6 Å². The van der Waals surface area contributed by atoms with Crippen molar-refractivity contribution in [2.45, 2.75) is 13.8 Å². The minimum atomic E-state index is -0.492. The molecule has 0 aliphatic carbocycles. The minimum absolute atomic E-state index is 0.0544. The number of rotatable bonds is 3. The van der Waals surface area contributed by atoms with Gasteiger partial charge >= 0.3 is 0 Å². The van der Waals surface area contributed by atoms with Crippen LogP contribution in [0.25, 0.3) is 0 Å². The van der Waals surface area contributed by atoms with Gasteiger partial charge in [0.05, 0.1) is 12.7 Å². The molecule has 4 heteroatoms. The van der Waals surface area contributed by atoms with Crippen LogP contribution >= 0.6 is 0 Å². The number of furan rings is 1. The number of hydrogen-bond donors (Lipinski definition) is 0. The lowest BCUT2D eigenvalue weighted by atomic mass is 10.0. The maximum atomic E-state index is 13.3. The molecule has 2 rings (SSSR count). The molecule has 18 heavy (non-hydrogen) atoms. The lowest BCUT2D eigenvalue weighted by Gasteiger charge is -2.04. The second-order valence-corrected chi connectivity index (χ2v) is 4.01. The lowest BCUT2D eigenvalue weighted by molar-refractivity contribution is 0.103. The standard InChI is InChI=1S/C14H13FO3/c1-8-6-11(9(2)18-8)14(16)10-4-5-12(15)13(7-10)17-3/h4-7H,1-3H3. The fourth-order valence-electron chi connectivity index (χ4n) is 1.81. The zero-order valence-corrected chi connectivity index (χ0v) is 10.4. The fourth-order valence-corrected chi connectivity index (χ4v) is 1.81. The van der Waals surface area contributed by atoms with E-state index in [0.717, 1.165) is 0 Å². The van der Waals surface area contributed by atoms with Gasteiger partial charge in [-0.15, -0.1) is 0 Å². The first-order valence-corrected chi connectivity index (χ1v) is 5.48. The summed E-state index contributed by atoms with van der Waals surface area (Å²) in [5.74, 6) is 0.584. The third-order valence-electron chi connectivity index (χ3n) is 2.70. The highest BCUT2D eigenvalue weighted by molar-refractivity contribution is 6.09. The van der Waals surface area contributed by atoms with Gasteiger partial charge in [-0.3, -0.25) is 4.79 Å². The average Bonchev–Trinajstić information content (AvgIpc) is 2.68. The van der Waals surface area contributed by atoms with Crippen LogP contribution in [-0.2, 0) is 0 Å². The van der Waals surface area contributed by atoms with Crippen LogP contribution in [0.1, 0.15) is 27.4 Å². The number of hydrogen-bond acceptors (Lipinski definition) is 3. The van der Waals surface area contributed by atoms with Crippen LogP contribution in [0.15, 0.2) is 28.7 Å². The van der Waals surface area contributed by atoms with Crippen molar-refractivity contribution in [3.05, 3.63) is 52.7 Å². The molecule has 0 amide bonds. The molecule has 0 unspecified atom stereocenters. The fraction of sp³-hybridized carbons (Fsp3) is 0.214. The molecule has 0 radical (unpaired) electrons. The van der Waals surface area contributed by atoms with Crippen molar-refractivity contribution in [1.29, 1.82) is 0 Å². The van der Waals surface area contributed by atoms with Gasteiger partial charge in [-0.1, -0.05) is 0 Å². The van der Waals surface area contributed by atoms with E-state index < -0.39 is 5.82 Å². The quantitative estimate of drug-likeness (QED) is 0.782. The summed E-state index contributed by atoms with van der Waals surface area (Å²) in [6, 6.07) is 5.71. The smallest absolute Gasteiger partial charge is 0.196 e. The zero-order chi connectivity index (χ0) is 13.3. The maximum absolute atomic E-state index is 13.3. The van der Waals surface area contributed by atoms with Crippen molar-refractivity contribution in [3.63, 3.8) is 0 Å². The topological polar surface area (TPSA) is 39.4 Å². The lowest BCUT2D eigenvalue weighted by Crippen LogP contribution is -2.02. The first kappa shape index (κ1) is 12.4. The molecule has 0 spiro atoms. The molecular formula is C14H13FO3. The Morgan fingerprint density at radius 3 is 2.56 bits per heavy atom. The summed E-state index contributed by atoms with van der Waals surface area (Å²) in [6.07, 6.45) is 0. The van der Waals surface area contributed by atoms with E-state index in [9.17, 15) is 9.18 Å². The summed E-state index contributed by atoms with van der Waals surface area (Å²) < 4.78 is 23.4. The second-order valence-electron chi connectivity index (χ2n) is 4.01. The molecule has 2 aromatic rings. The number of ether oxygens (including phenoxy) is 1. The highest BCUT2D eigenvalue weighted by Crippen LogP contribution is 2.23. The Hall–Kier alpha value is -2.10. The molecule has 0 aliphatic heterocycles. The molecule has 0 bridgehead atoms. The van der Waals surface area contributed by atoms with Crippen LogP contribution in [0.5, 0.6) is 5.75 Å². The predicted molar refractivity (Wildman–Crippen MR) is 64.6 cm³/mol. The highest BCUT2D eigenvalue weighted by Gasteiger charge is 2.17. The molecule has 0 saturated carbocycles. The van der Waals surface area contributed by atoms with Crippen molar-refractivity contribution >= 4 is 5.78 Å². The van der Waals surface area contributed by atoms with Crippen molar-refractivity contribution in [2.24, 2.45) is 0 Å². The molecule has 1 heterocycles. The van der Waals surface area contributed by atoms with E-state index in [1.54, 1.807) is 19.9 Å². The van der Waals surface area contributed by atoms with Gasteiger partial charge in [0.1, 0.15) is 11.5 Å². The molecule has 3 nitrogen and oxygen atoms in total. The van der Waals surface area contributed by atoms with E-state index >= 15 is 0 Å². The van der Waals surface area contributed by atoms with E-state index in [1.807, 2.05) is 0 Å². The number of methoxy groups -OCH3 is 1. The zero-order valence-electron chi connectivity index (χ0n) is 10.4. The van der Waals surface area contributed by atoms with Gasteiger partial charge in [-0.2, -0.15) is 0 Å². The number of aryl methyl sites for hydroxylation is 2. The van der Waals surface area contributed by atoms with Crippen molar-refractivity contribution in [2.75, 3.05) is 7.11 Å². The number of halogens is 1. The third kappa shape index (κ3) is 2.14. The molecule has 0 N–H and O–H groups in total. The molecule has 0 atom stereocenters. The minimum Gasteiger partial charge on any atom is -0.494 e. The van der Waals surface area contributed by atoms with Gasteiger partial charge in [-0.05, 0) is 38.1 Å². The Bertz CT molecular complexity index is 599. The summed E-state index contributed by atoms with van der Waals surface area (Å²) >= 11 is 0. The molecule has 0 fully saturated rings. The van der Waals surface area contributed by atoms with Crippen LogP contribution in [0, 0.1) is 19.7 Å². The van der Waals surface area contributed by atoms with E-state index in [4.69, 9.17) is 9.15 Å². The molecular weight excluding hydrogens is 235 g/mol. The highest BCUT2D eigenvalue weighted by atomic mass is 19.1. The summed E-state index contributed by atoms with van der Waals surface area (Å²) in [4.78, 5) is 12.2. The number of carbonyl (C=O) groups excluding carboxylic acids is 1. The number of benzene rings is 1. The van der Waals surface area contributed by atoms with Gasteiger partial charge in [0.2, 0.25) is 0 Å². The van der Waals surface area contributed by atoms with Crippen LogP contribution in [0.2, 0.25) is 0 Å². The van der Waals surface area contributed by atoms with Crippen molar-refractivity contribution < 1.29 is 18.3 Å². The Morgan fingerprint density at radius 2 is 2.00 bits per heavy atom. The monoisotopic (exact) mass is 248 g/mol. The van der Waals surface area contributed by atoms with Crippen LogP contribution < -0.4 is 4.74 Å². The SMILES string of the molecule is COc1cc(C(=O)c2cc(C)oc2C)ccc1F. The van der Waals surface area contributed by atoms with Crippen LogP contribution in [0.4, 0.5) is 4.39 Å². The van der Waals surface area contributed by atoms with E-state index in [-0.39, 0.29) is 11.5 Å². The van der Waals surface area contributed by atoms with E-state index in [2.05, 4.69) is 0 Å². The molecule has 94 valence electrons. The molecule has 1 aromatic heterocycles. The van der Waals surface area contributed by atoms with E-state index in [1.165, 1.54) is 25.3 Å². The van der Waals surface area contributed by atoms with Crippen LogP contribution in [-0.4, -0.2) is 12.9 Å². The van der Waals surface area contributed by atoms with Gasteiger partial charge in [0.25, 0.3) is 0 Å². The normalized spacial score (nSPS) is 10.4. The van der Waals surface area contributed by atoms with Gasteiger partial charge in [0.15, 0.2) is 17.3 Å². The third-order valence-corrected chi connectivity index (χ3v) is 2.70. The number of carbonyl (C=O) groups is 1. The summed E-state index contributed by atoms with van der Waals surface area (Å²) in [6.45, 7) is 3.50. The maximum Gasteiger partial charge on any atom is 0.196 e. The first-order chi connectivity index (χ1) is 8.52. The number of ketones is 1. The Labute approximate surface area is 104 Å². The molecule has 0 aliphatic rings. The predicted octanol–water partition coefficient (Wildman–Crippen LogP) is 3.28. The summed E-state index contributed by atoms with van der Waals surface area (Å²) in [5, 5.41) is 0. The van der Waals surface area contributed by atoms with Gasteiger partial charge < -0.3 is 9.15 Å². The first-order valence-electron chi connectivity index (χ1n) is 5.48. The van der Waals surface area contributed by atoms with Gasteiger partial charge in [0, 0.05) is 5.56 Å². The van der Waals surface area contributed by atoms with Crippen molar-refractivity contribution in [1.82, 2.24) is 0 Å². The Balaban J connectivity index is 2.43. The van der Waals surface area contributed by atoms with Crippen molar-refractivity contribution in [3.8, 4) is 5.75 Å². The largest absolute Gasteiger partial charge is 0.494 e. The molecule has 0 saturated heterocycles. The Morgan fingerprint density at radius 1 is 1.28 bits per heavy atom. The van der Waals surface area contributed by atoms with Crippen LogP contribution in [0.3, 0.4) is 0 Å². The second kappa shape index (κ2) is 4.64. The Kier molecular flexibility index (Phi) is 3.19. The van der Waals surface area contributed by atoms with Gasteiger partial charge in [-0.25, -0.2) is 4.39 Å². The average molecular weight is 248 g/mol.